The Hall–Kier alpha value is -3.83. The zero-order valence-corrected chi connectivity index (χ0v) is 18.5. The van der Waals surface area contributed by atoms with Crippen LogP contribution in [0.2, 0.25) is 5.02 Å². The van der Waals surface area contributed by atoms with E-state index in [1.807, 2.05) is 84.2 Å². The number of aromatic nitrogens is 3. The van der Waals surface area contributed by atoms with Gasteiger partial charge in [-0.25, -0.2) is 4.98 Å². The molecule has 3 aromatic carbocycles. The molecule has 5 rings (SSSR count). The van der Waals surface area contributed by atoms with Crippen molar-refractivity contribution in [2.75, 3.05) is 12.4 Å². The molecule has 5 nitrogen and oxygen atoms in total. The lowest BCUT2D eigenvalue weighted by Gasteiger charge is -2.12. The van der Waals surface area contributed by atoms with E-state index in [4.69, 9.17) is 26.4 Å². The van der Waals surface area contributed by atoms with Crippen molar-refractivity contribution in [2.45, 2.75) is 6.92 Å². The van der Waals surface area contributed by atoms with Gasteiger partial charge in [0.2, 0.25) is 0 Å². The first-order valence-corrected chi connectivity index (χ1v) is 10.6. The topological polar surface area (TPSA) is 51.5 Å². The van der Waals surface area contributed by atoms with E-state index in [0.717, 1.165) is 51.0 Å². The van der Waals surface area contributed by atoms with Gasteiger partial charge in [0.1, 0.15) is 11.6 Å². The second-order valence-corrected chi connectivity index (χ2v) is 7.89. The number of hydrogen-bond acceptors (Lipinski definition) is 4. The molecule has 0 bridgehead atoms. The molecule has 0 aliphatic rings. The van der Waals surface area contributed by atoms with E-state index in [1.54, 1.807) is 7.11 Å². The zero-order chi connectivity index (χ0) is 22.1. The number of rotatable bonds is 5. The zero-order valence-electron chi connectivity index (χ0n) is 17.7. The van der Waals surface area contributed by atoms with Crippen LogP contribution >= 0.6 is 11.6 Å². The van der Waals surface area contributed by atoms with Gasteiger partial charge in [0.15, 0.2) is 5.65 Å². The largest absolute Gasteiger partial charge is 0.497 e. The van der Waals surface area contributed by atoms with Crippen molar-refractivity contribution in [1.82, 2.24) is 14.6 Å². The van der Waals surface area contributed by atoms with Gasteiger partial charge < -0.3 is 10.1 Å². The lowest BCUT2D eigenvalue weighted by atomic mass is 10.1. The molecule has 0 radical (unpaired) electrons. The van der Waals surface area contributed by atoms with Crippen LogP contribution in [-0.2, 0) is 0 Å². The van der Waals surface area contributed by atoms with Crippen LogP contribution in [0.3, 0.4) is 0 Å². The maximum atomic E-state index is 6.12. The van der Waals surface area contributed by atoms with Crippen LogP contribution < -0.4 is 10.1 Å². The standard InChI is InChI=1S/C26H21ClN4O/c1-17-25(19-8-10-20(27)11-9-19)26-29-23(18-6-4-3-5-7-18)16-24(31(26)30-17)28-21-12-14-22(32-2)15-13-21/h3-16,28H,1-2H3. The average molecular weight is 441 g/mol. The van der Waals surface area contributed by atoms with E-state index in [1.165, 1.54) is 0 Å². The molecular formula is C26H21ClN4O. The molecule has 0 spiro atoms. The first-order chi connectivity index (χ1) is 15.6. The number of fused-ring (bicyclic) bond motifs is 1. The highest BCUT2D eigenvalue weighted by Gasteiger charge is 2.17. The van der Waals surface area contributed by atoms with E-state index in [0.29, 0.717) is 5.02 Å². The molecule has 2 aromatic heterocycles. The van der Waals surface area contributed by atoms with Crippen molar-refractivity contribution in [3.05, 3.63) is 95.6 Å². The van der Waals surface area contributed by atoms with Gasteiger partial charge in [-0.15, -0.1) is 0 Å². The Morgan fingerprint density at radius 3 is 2.28 bits per heavy atom. The van der Waals surface area contributed by atoms with Gasteiger partial charge in [0, 0.05) is 27.9 Å². The van der Waals surface area contributed by atoms with Gasteiger partial charge >= 0.3 is 0 Å². The number of methoxy groups -OCH3 is 1. The van der Waals surface area contributed by atoms with Crippen LogP contribution in [0.1, 0.15) is 5.69 Å². The number of halogens is 1. The summed E-state index contributed by atoms with van der Waals surface area (Å²) in [6.45, 7) is 2.00. The number of ether oxygens (including phenoxy) is 1. The Labute approximate surface area is 191 Å². The number of benzene rings is 3. The highest BCUT2D eigenvalue weighted by Crippen LogP contribution is 2.33. The van der Waals surface area contributed by atoms with Gasteiger partial charge in [0.25, 0.3) is 0 Å². The Balaban J connectivity index is 1.71. The third kappa shape index (κ3) is 3.79. The van der Waals surface area contributed by atoms with Crippen molar-refractivity contribution < 1.29 is 4.74 Å². The summed E-state index contributed by atoms with van der Waals surface area (Å²) in [6.07, 6.45) is 0. The van der Waals surface area contributed by atoms with Crippen LogP contribution in [0.4, 0.5) is 11.5 Å². The number of hydrogen-bond donors (Lipinski definition) is 1. The van der Waals surface area contributed by atoms with Crippen molar-refractivity contribution in [2.24, 2.45) is 0 Å². The Morgan fingerprint density at radius 1 is 0.875 bits per heavy atom. The smallest absolute Gasteiger partial charge is 0.166 e. The maximum absolute atomic E-state index is 6.12. The lowest BCUT2D eigenvalue weighted by molar-refractivity contribution is 0.415. The van der Waals surface area contributed by atoms with Crippen molar-refractivity contribution in [1.29, 1.82) is 0 Å². The van der Waals surface area contributed by atoms with Crippen LogP contribution in [0.5, 0.6) is 5.75 Å². The number of nitrogens with zero attached hydrogens (tertiary/aromatic N) is 3. The van der Waals surface area contributed by atoms with E-state index in [9.17, 15) is 0 Å². The molecular weight excluding hydrogens is 420 g/mol. The molecule has 0 atom stereocenters. The molecule has 158 valence electrons. The molecule has 5 aromatic rings. The number of aryl methyl sites for hydroxylation is 1. The minimum Gasteiger partial charge on any atom is -0.497 e. The van der Waals surface area contributed by atoms with E-state index >= 15 is 0 Å². The molecule has 0 unspecified atom stereocenters. The van der Waals surface area contributed by atoms with Crippen LogP contribution in [0.25, 0.3) is 28.0 Å². The van der Waals surface area contributed by atoms with E-state index < -0.39 is 0 Å². The van der Waals surface area contributed by atoms with Crippen LogP contribution in [0, 0.1) is 6.92 Å². The van der Waals surface area contributed by atoms with Crippen molar-refractivity contribution >= 4 is 28.8 Å². The van der Waals surface area contributed by atoms with Gasteiger partial charge in [-0.2, -0.15) is 9.61 Å². The SMILES string of the molecule is COc1ccc(Nc2cc(-c3ccccc3)nc3c(-c4ccc(Cl)cc4)c(C)nn23)cc1. The summed E-state index contributed by atoms with van der Waals surface area (Å²) in [4.78, 5) is 5.00. The Morgan fingerprint density at radius 2 is 1.59 bits per heavy atom. The Kier molecular flexibility index (Phi) is 5.25. The molecule has 32 heavy (non-hydrogen) atoms. The fraction of sp³-hybridized carbons (Fsp3) is 0.0769. The third-order valence-corrected chi connectivity index (χ3v) is 5.58. The highest BCUT2D eigenvalue weighted by molar-refractivity contribution is 6.30. The minimum absolute atomic E-state index is 0.697. The van der Waals surface area contributed by atoms with Crippen LogP contribution in [-0.4, -0.2) is 21.7 Å². The molecule has 0 saturated carbocycles. The van der Waals surface area contributed by atoms with Crippen molar-refractivity contribution in [3.63, 3.8) is 0 Å². The van der Waals surface area contributed by atoms with Gasteiger partial charge in [-0.05, 0) is 48.9 Å². The molecule has 0 amide bonds. The predicted octanol–water partition coefficient (Wildman–Crippen LogP) is 6.78. The molecule has 0 aliphatic heterocycles. The van der Waals surface area contributed by atoms with E-state index in [-0.39, 0.29) is 0 Å². The average Bonchev–Trinajstić information content (AvgIpc) is 3.17. The second-order valence-electron chi connectivity index (χ2n) is 7.45. The summed E-state index contributed by atoms with van der Waals surface area (Å²) < 4.78 is 7.14. The maximum Gasteiger partial charge on any atom is 0.166 e. The quantitative estimate of drug-likeness (QED) is 0.327. The third-order valence-electron chi connectivity index (χ3n) is 5.33. The first-order valence-electron chi connectivity index (χ1n) is 10.3. The predicted molar refractivity (Wildman–Crippen MR) is 130 cm³/mol. The van der Waals surface area contributed by atoms with Crippen LogP contribution in [0.15, 0.2) is 84.9 Å². The van der Waals surface area contributed by atoms with E-state index in [2.05, 4.69) is 17.4 Å². The number of nitrogens with one attached hydrogen (secondary N) is 1. The molecule has 1 N–H and O–H groups in total. The molecule has 0 fully saturated rings. The molecule has 0 saturated heterocycles. The normalized spacial score (nSPS) is 11.0. The summed E-state index contributed by atoms with van der Waals surface area (Å²) >= 11 is 6.12. The summed E-state index contributed by atoms with van der Waals surface area (Å²) in [6, 6.07) is 27.7. The summed E-state index contributed by atoms with van der Waals surface area (Å²) in [7, 11) is 1.66. The fourth-order valence-corrected chi connectivity index (χ4v) is 3.87. The molecule has 2 heterocycles. The number of anilines is 2. The lowest BCUT2D eigenvalue weighted by Crippen LogP contribution is -2.03. The van der Waals surface area contributed by atoms with Gasteiger partial charge in [-0.1, -0.05) is 54.1 Å². The monoisotopic (exact) mass is 440 g/mol. The second kappa shape index (κ2) is 8.36. The first kappa shape index (κ1) is 20.1. The van der Waals surface area contributed by atoms with Crippen molar-refractivity contribution in [3.8, 4) is 28.1 Å². The highest BCUT2D eigenvalue weighted by atomic mass is 35.5. The summed E-state index contributed by atoms with van der Waals surface area (Å²) in [5, 5.41) is 9.00. The summed E-state index contributed by atoms with van der Waals surface area (Å²) in [5.41, 5.74) is 6.51. The van der Waals surface area contributed by atoms with Gasteiger partial charge in [-0.3, -0.25) is 0 Å². The summed E-state index contributed by atoms with van der Waals surface area (Å²) in [5.74, 6) is 1.63. The Bertz CT molecular complexity index is 1380. The molecule has 6 heteroatoms. The minimum atomic E-state index is 0.697. The van der Waals surface area contributed by atoms with Gasteiger partial charge in [0.05, 0.1) is 18.5 Å². The molecule has 0 aliphatic carbocycles. The fourth-order valence-electron chi connectivity index (χ4n) is 3.75.